The van der Waals surface area contributed by atoms with Crippen LogP contribution in [0.3, 0.4) is 0 Å². The van der Waals surface area contributed by atoms with Crippen LogP contribution in [0.5, 0.6) is 0 Å². The Hall–Kier alpha value is -1.89. The predicted molar refractivity (Wildman–Crippen MR) is 105 cm³/mol. The van der Waals surface area contributed by atoms with Gasteiger partial charge in [0.1, 0.15) is 9.84 Å². The van der Waals surface area contributed by atoms with Crippen LogP contribution in [0.25, 0.3) is 0 Å². The first-order valence-electron chi connectivity index (χ1n) is 9.63. The molecule has 2 fully saturated rings. The van der Waals surface area contributed by atoms with Crippen LogP contribution in [0.2, 0.25) is 0 Å². The molecule has 1 saturated heterocycles. The standard InChI is InChI=1S/C20H28N2O4S/c1-3-14(2)18(23)22-16-6-4-5-15(11-16)13-21-19(24)17-12-20(17)7-9-27(25,26)10-8-20/h4-6,11,14,17H,3,7-10,12-13H2,1-2H3,(H,21,24)(H,22,23)/t14-,17+/m0/s1. The maximum atomic E-state index is 12.5. The van der Waals surface area contributed by atoms with E-state index in [-0.39, 0.29) is 40.6 Å². The molecule has 0 radical (unpaired) electrons. The molecule has 1 saturated carbocycles. The molecule has 1 aromatic rings. The van der Waals surface area contributed by atoms with Gasteiger partial charge in [0.15, 0.2) is 0 Å². The molecule has 1 aromatic carbocycles. The number of hydrogen-bond acceptors (Lipinski definition) is 4. The molecule has 6 nitrogen and oxygen atoms in total. The lowest BCUT2D eigenvalue weighted by Gasteiger charge is -2.22. The molecule has 2 N–H and O–H groups in total. The zero-order valence-electron chi connectivity index (χ0n) is 16.0. The molecule has 2 amide bonds. The molecular weight excluding hydrogens is 364 g/mol. The van der Waals surface area contributed by atoms with Gasteiger partial charge in [0, 0.05) is 24.1 Å². The second-order valence-electron chi connectivity index (χ2n) is 7.99. The van der Waals surface area contributed by atoms with Gasteiger partial charge >= 0.3 is 0 Å². The Morgan fingerprint density at radius 3 is 2.63 bits per heavy atom. The third-order valence-electron chi connectivity index (χ3n) is 6.05. The lowest BCUT2D eigenvalue weighted by molar-refractivity contribution is -0.123. The quantitative estimate of drug-likeness (QED) is 0.778. The monoisotopic (exact) mass is 392 g/mol. The first-order chi connectivity index (χ1) is 12.7. The van der Waals surface area contributed by atoms with Gasteiger partial charge in [0.05, 0.1) is 11.5 Å². The van der Waals surface area contributed by atoms with Gasteiger partial charge in [-0.3, -0.25) is 9.59 Å². The van der Waals surface area contributed by atoms with Crippen molar-refractivity contribution in [2.24, 2.45) is 17.3 Å². The SMILES string of the molecule is CC[C@H](C)C(=O)Nc1cccc(CNC(=O)[C@H]2CC23CCS(=O)(=O)CC3)c1. The van der Waals surface area contributed by atoms with Crippen molar-refractivity contribution < 1.29 is 18.0 Å². The van der Waals surface area contributed by atoms with Crippen molar-refractivity contribution in [2.45, 2.75) is 46.1 Å². The van der Waals surface area contributed by atoms with Crippen molar-refractivity contribution in [3.8, 4) is 0 Å². The summed E-state index contributed by atoms with van der Waals surface area (Å²) in [6.07, 6.45) is 2.78. The summed E-state index contributed by atoms with van der Waals surface area (Å²) in [5, 5.41) is 5.87. The van der Waals surface area contributed by atoms with Crippen LogP contribution in [0, 0.1) is 17.3 Å². The Bertz CT molecular complexity index is 820. The van der Waals surface area contributed by atoms with E-state index in [1.165, 1.54) is 0 Å². The number of hydrogen-bond donors (Lipinski definition) is 2. The molecule has 0 aromatic heterocycles. The van der Waals surface area contributed by atoms with Crippen molar-refractivity contribution in [3.63, 3.8) is 0 Å². The average Bonchev–Trinajstić information content (AvgIpc) is 3.36. The highest BCUT2D eigenvalue weighted by molar-refractivity contribution is 7.91. The molecule has 1 heterocycles. The van der Waals surface area contributed by atoms with Gasteiger partial charge in [-0.2, -0.15) is 0 Å². The van der Waals surface area contributed by atoms with Crippen LogP contribution in [0.4, 0.5) is 5.69 Å². The van der Waals surface area contributed by atoms with E-state index < -0.39 is 9.84 Å². The van der Waals surface area contributed by atoms with Gasteiger partial charge in [-0.1, -0.05) is 26.0 Å². The minimum Gasteiger partial charge on any atom is -0.352 e. The van der Waals surface area contributed by atoms with Crippen LogP contribution in [-0.4, -0.2) is 31.7 Å². The van der Waals surface area contributed by atoms with Gasteiger partial charge in [0.2, 0.25) is 11.8 Å². The van der Waals surface area contributed by atoms with Crippen molar-refractivity contribution in [3.05, 3.63) is 29.8 Å². The number of sulfone groups is 1. The number of nitrogens with one attached hydrogen (secondary N) is 2. The first kappa shape index (κ1) is 19.9. The Morgan fingerprint density at radius 2 is 1.96 bits per heavy atom. The maximum Gasteiger partial charge on any atom is 0.227 e. The smallest absolute Gasteiger partial charge is 0.227 e. The molecule has 1 spiro atoms. The molecule has 3 rings (SSSR count). The summed E-state index contributed by atoms with van der Waals surface area (Å²) in [5.74, 6) is 0.290. The Balaban J connectivity index is 1.51. The normalized spacial score (nSPS) is 23.4. The van der Waals surface area contributed by atoms with Crippen molar-refractivity contribution in [1.29, 1.82) is 0 Å². The van der Waals surface area contributed by atoms with Crippen LogP contribution < -0.4 is 10.6 Å². The van der Waals surface area contributed by atoms with E-state index in [4.69, 9.17) is 0 Å². The van der Waals surface area contributed by atoms with E-state index >= 15 is 0 Å². The average molecular weight is 393 g/mol. The molecule has 7 heteroatoms. The highest BCUT2D eigenvalue weighted by Crippen LogP contribution is 2.59. The van der Waals surface area contributed by atoms with Crippen LogP contribution in [0.1, 0.15) is 45.1 Å². The molecule has 0 unspecified atom stereocenters. The second-order valence-corrected chi connectivity index (χ2v) is 10.3. The summed E-state index contributed by atoms with van der Waals surface area (Å²) in [7, 11) is -2.91. The van der Waals surface area contributed by atoms with Gasteiger partial charge in [-0.05, 0) is 48.8 Å². The predicted octanol–water partition coefficient (Wildman–Crippen LogP) is 2.50. The fraction of sp³-hybridized carbons (Fsp3) is 0.600. The number of carbonyl (C=O) groups is 2. The lowest BCUT2D eigenvalue weighted by Crippen LogP contribution is -2.31. The fourth-order valence-corrected chi connectivity index (χ4v) is 5.38. The number of anilines is 1. The summed E-state index contributed by atoms with van der Waals surface area (Å²) < 4.78 is 23.2. The Labute approximate surface area is 161 Å². The van der Waals surface area contributed by atoms with Gasteiger partial charge in [0.25, 0.3) is 0 Å². The summed E-state index contributed by atoms with van der Waals surface area (Å²) in [6, 6.07) is 7.48. The third kappa shape index (κ3) is 4.69. The molecule has 0 bridgehead atoms. The third-order valence-corrected chi connectivity index (χ3v) is 7.70. The molecular formula is C20H28N2O4S. The summed E-state index contributed by atoms with van der Waals surface area (Å²) >= 11 is 0. The Morgan fingerprint density at radius 1 is 1.26 bits per heavy atom. The largest absolute Gasteiger partial charge is 0.352 e. The minimum absolute atomic E-state index is 0.00309. The topological polar surface area (TPSA) is 92.3 Å². The first-order valence-corrected chi connectivity index (χ1v) is 11.4. The summed E-state index contributed by atoms with van der Waals surface area (Å²) in [6.45, 7) is 4.26. The van der Waals surface area contributed by atoms with E-state index in [0.717, 1.165) is 24.1 Å². The van der Waals surface area contributed by atoms with Gasteiger partial charge in [-0.25, -0.2) is 8.42 Å². The van der Waals surface area contributed by atoms with E-state index in [9.17, 15) is 18.0 Å². The number of rotatable bonds is 6. The minimum atomic E-state index is -2.91. The van der Waals surface area contributed by atoms with Crippen LogP contribution in [0.15, 0.2) is 24.3 Å². The maximum absolute atomic E-state index is 12.5. The molecule has 2 aliphatic rings. The highest BCUT2D eigenvalue weighted by atomic mass is 32.2. The van der Waals surface area contributed by atoms with Crippen molar-refractivity contribution in [1.82, 2.24) is 5.32 Å². The molecule has 27 heavy (non-hydrogen) atoms. The lowest BCUT2D eigenvalue weighted by atomic mass is 9.96. The fourth-order valence-electron chi connectivity index (χ4n) is 3.74. The van der Waals surface area contributed by atoms with Gasteiger partial charge in [-0.15, -0.1) is 0 Å². The van der Waals surface area contributed by atoms with E-state index in [0.29, 0.717) is 19.4 Å². The van der Waals surface area contributed by atoms with Crippen LogP contribution >= 0.6 is 0 Å². The zero-order chi connectivity index (χ0) is 19.7. The van der Waals surface area contributed by atoms with E-state index in [1.807, 2.05) is 38.1 Å². The van der Waals surface area contributed by atoms with Crippen molar-refractivity contribution >= 4 is 27.3 Å². The van der Waals surface area contributed by atoms with E-state index in [2.05, 4.69) is 10.6 Å². The molecule has 148 valence electrons. The second kappa shape index (κ2) is 7.62. The van der Waals surface area contributed by atoms with E-state index in [1.54, 1.807) is 0 Å². The number of benzene rings is 1. The highest BCUT2D eigenvalue weighted by Gasteiger charge is 2.59. The molecule has 2 atom stereocenters. The zero-order valence-corrected chi connectivity index (χ0v) is 16.8. The number of carbonyl (C=O) groups excluding carboxylic acids is 2. The number of amides is 2. The Kier molecular flexibility index (Phi) is 5.60. The van der Waals surface area contributed by atoms with Gasteiger partial charge < -0.3 is 10.6 Å². The summed E-state index contributed by atoms with van der Waals surface area (Å²) in [5.41, 5.74) is 1.56. The van der Waals surface area contributed by atoms with Crippen LogP contribution in [-0.2, 0) is 26.0 Å². The molecule has 1 aliphatic carbocycles. The van der Waals surface area contributed by atoms with Crippen molar-refractivity contribution in [2.75, 3.05) is 16.8 Å². The molecule has 1 aliphatic heterocycles. The summed E-state index contributed by atoms with van der Waals surface area (Å²) in [4.78, 5) is 24.5.